The van der Waals surface area contributed by atoms with Crippen LogP contribution in [-0.4, -0.2) is 17.2 Å². The maximum absolute atomic E-state index is 11.8. The molecule has 2 N–H and O–H groups in total. The smallest absolute Gasteiger partial charge is 0.338 e. The molecule has 0 atom stereocenters. The van der Waals surface area contributed by atoms with Crippen LogP contribution in [0.3, 0.4) is 0 Å². The number of esters is 1. The van der Waals surface area contributed by atoms with Crippen LogP contribution in [0.2, 0.25) is 0 Å². The second kappa shape index (κ2) is 8.45. The number of anilines is 2. The van der Waals surface area contributed by atoms with Crippen molar-refractivity contribution in [3.05, 3.63) is 59.7 Å². The SMILES string of the molecule is CCc1ccc(NC(=S)Nc2ccc(C(=O)OC(C)C)cc2)cc1. The van der Waals surface area contributed by atoms with Crippen LogP contribution in [0.15, 0.2) is 48.5 Å². The van der Waals surface area contributed by atoms with E-state index in [-0.39, 0.29) is 12.1 Å². The van der Waals surface area contributed by atoms with Crippen LogP contribution in [0, 0.1) is 0 Å². The molecule has 2 rings (SSSR count). The Morgan fingerprint density at radius 3 is 1.96 bits per heavy atom. The average Bonchev–Trinajstić information content (AvgIpc) is 2.55. The van der Waals surface area contributed by atoms with Crippen LogP contribution in [-0.2, 0) is 11.2 Å². The molecule has 0 saturated heterocycles. The van der Waals surface area contributed by atoms with Gasteiger partial charge in [0.25, 0.3) is 0 Å². The summed E-state index contributed by atoms with van der Waals surface area (Å²) in [7, 11) is 0. The Morgan fingerprint density at radius 1 is 1.00 bits per heavy atom. The fraction of sp³-hybridized carbons (Fsp3) is 0.263. The van der Waals surface area contributed by atoms with E-state index in [9.17, 15) is 4.79 Å². The first-order valence-corrected chi connectivity index (χ1v) is 8.36. The molecule has 0 aromatic heterocycles. The lowest BCUT2D eigenvalue weighted by Gasteiger charge is -2.12. The Balaban J connectivity index is 1.92. The minimum Gasteiger partial charge on any atom is -0.459 e. The van der Waals surface area contributed by atoms with Crippen molar-refractivity contribution in [1.82, 2.24) is 0 Å². The van der Waals surface area contributed by atoms with Gasteiger partial charge in [0.15, 0.2) is 5.11 Å². The van der Waals surface area contributed by atoms with Gasteiger partial charge >= 0.3 is 5.97 Å². The van der Waals surface area contributed by atoms with E-state index in [0.29, 0.717) is 10.7 Å². The molecule has 0 aliphatic heterocycles. The maximum Gasteiger partial charge on any atom is 0.338 e. The highest BCUT2D eigenvalue weighted by Gasteiger charge is 2.09. The highest BCUT2D eigenvalue weighted by atomic mass is 32.1. The molecule has 0 heterocycles. The number of ether oxygens (including phenoxy) is 1. The second-order valence-electron chi connectivity index (χ2n) is 5.66. The van der Waals surface area contributed by atoms with Crippen LogP contribution in [0.1, 0.15) is 36.7 Å². The van der Waals surface area contributed by atoms with Crippen molar-refractivity contribution in [2.24, 2.45) is 0 Å². The lowest BCUT2D eigenvalue weighted by atomic mass is 10.1. The molecule has 2 aromatic carbocycles. The molecular formula is C19H22N2O2S. The van der Waals surface area contributed by atoms with Crippen molar-refractivity contribution >= 4 is 34.7 Å². The van der Waals surface area contributed by atoms with Crippen LogP contribution in [0.25, 0.3) is 0 Å². The van der Waals surface area contributed by atoms with Gasteiger partial charge in [0.2, 0.25) is 0 Å². The summed E-state index contributed by atoms with van der Waals surface area (Å²) in [6.07, 6.45) is 0.875. The third-order valence-electron chi connectivity index (χ3n) is 3.34. The van der Waals surface area contributed by atoms with Crippen molar-refractivity contribution in [3.8, 4) is 0 Å². The molecule has 0 saturated carbocycles. The summed E-state index contributed by atoms with van der Waals surface area (Å²) in [6.45, 7) is 5.77. The molecule has 4 nitrogen and oxygen atoms in total. The summed E-state index contributed by atoms with van der Waals surface area (Å²) in [5, 5.41) is 6.73. The molecule has 0 aliphatic carbocycles. The van der Waals surface area contributed by atoms with E-state index < -0.39 is 0 Å². The van der Waals surface area contributed by atoms with E-state index in [2.05, 4.69) is 29.7 Å². The third kappa shape index (κ3) is 5.35. The van der Waals surface area contributed by atoms with Gasteiger partial charge in [-0.05, 0) is 74.4 Å². The molecule has 0 unspecified atom stereocenters. The maximum atomic E-state index is 11.8. The van der Waals surface area contributed by atoms with Gasteiger partial charge in [-0.25, -0.2) is 4.79 Å². The van der Waals surface area contributed by atoms with Gasteiger partial charge in [-0.3, -0.25) is 0 Å². The largest absolute Gasteiger partial charge is 0.459 e. The van der Waals surface area contributed by atoms with Crippen LogP contribution < -0.4 is 10.6 Å². The molecule has 2 aromatic rings. The fourth-order valence-corrected chi connectivity index (χ4v) is 2.32. The lowest BCUT2D eigenvalue weighted by Crippen LogP contribution is -2.19. The molecular weight excluding hydrogens is 320 g/mol. The number of rotatable bonds is 5. The highest BCUT2D eigenvalue weighted by molar-refractivity contribution is 7.80. The van der Waals surface area contributed by atoms with Gasteiger partial charge in [0.05, 0.1) is 11.7 Å². The zero-order valence-electron chi connectivity index (χ0n) is 14.1. The monoisotopic (exact) mass is 342 g/mol. The minimum atomic E-state index is -0.326. The number of carbonyl (C=O) groups excluding carboxylic acids is 1. The van der Waals surface area contributed by atoms with E-state index in [1.165, 1.54) is 5.56 Å². The van der Waals surface area contributed by atoms with Crippen LogP contribution in [0.5, 0.6) is 0 Å². The van der Waals surface area contributed by atoms with E-state index in [0.717, 1.165) is 17.8 Å². The number of aryl methyl sites for hydroxylation is 1. The molecule has 0 spiro atoms. The molecule has 0 amide bonds. The fourth-order valence-electron chi connectivity index (χ4n) is 2.09. The summed E-state index contributed by atoms with van der Waals surface area (Å²) >= 11 is 5.31. The van der Waals surface area contributed by atoms with Gasteiger partial charge in [-0.15, -0.1) is 0 Å². The quantitative estimate of drug-likeness (QED) is 0.613. The second-order valence-corrected chi connectivity index (χ2v) is 6.07. The Kier molecular flexibility index (Phi) is 6.32. The molecule has 24 heavy (non-hydrogen) atoms. The number of benzene rings is 2. The first kappa shape index (κ1) is 17.9. The molecule has 5 heteroatoms. The van der Waals surface area contributed by atoms with Crippen molar-refractivity contribution in [2.75, 3.05) is 10.6 Å². The number of hydrogen-bond acceptors (Lipinski definition) is 3. The van der Waals surface area contributed by atoms with Gasteiger partial charge in [-0.2, -0.15) is 0 Å². The van der Waals surface area contributed by atoms with E-state index in [1.54, 1.807) is 24.3 Å². The van der Waals surface area contributed by atoms with Crippen molar-refractivity contribution in [3.63, 3.8) is 0 Å². The number of thiocarbonyl (C=S) groups is 1. The number of nitrogens with one attached hydrogen (secondary N) is 2. The minimum absolute atomic E-state index is 0.133. The van der Waals surface area contributed by atoms with Crippen molar-refractivity contribution in [2.45, 2.75) is 33.3 Å². The number of carbonyl (C=O) groups is 1. The van der Waals surface area contributed by atoms with E-state index in [4.69, 9.17) is 17.0 Å². The summed E-state index contributed by atoms with van der Waals surface area (Å²) in [5.41, 5.74) is 3.53. The summed E-state index contributed by atoms with van der Waals surface area (Å²) in [6, 6.07) is 15.2. The summed E-state index contributed by atoms with van der Waals surface area (Å²) in [5.74, 6) is -0.326. The van der Waals surface area contributed by atoms with Gasteiger partial charge < -0.3 is 15.4 Å². The van der Waals surface area contributed by atoms with Gasteiger partial charge in [-0.1, -0.05) is 19.1 Å². The normalized spacial score (nSPS) is 10.3. The van der Waals surface area contributed by atoms with Crippen LogP contribution >= 0.6 is 12.2 Å². The average molecular weight is 342 g/mol. The van der Waals surface area contributed by atoms with Gasteiger partial charge in [0.1, 0.15) is 0 Å². The lowest BCUT2D eigenvalue weighted by molar-refractivity contribution is 0.0378. The Morgan fingerprint density at radius 2 is 1.50 bits per heavy atom. The first-order valence-electron chi connectivity index (χ1n) is 7.96. The van der Waals surface area contributed by atoms with Crippen molar-refractivity contribution < 1.29 is 9.53 Å². The van der Waals surface area contributed by atoms with E-state index >= 15 is 0 Å². The molecule has 0 fully saturated rings. The summed E-state index contributed by atoms with van der Waals surface area (Å²) in [4.78, 5) is 11.8. The predicted molar refractivity (Wildman–Crippen MR) is 103 cm³/mol. The first-order chi connectivity index (χ1) is 11.5. The Labute approximate surface area is 148 Å². The zero-order valence-corrected chi connectivity index (χ0v) is 14.9. The summed E-state index contributed by atoms with van der Waals surface area (Å²) < 4.78 is 5.16. The van der Waals surface area contributed by atoms with E-state index in [1.807, 2.05) is 26.0 Å². The topological polar surface area (TPSA) is 50.4 Å². The van der Waals surface area contributed by atoms with Crippen molar-refractivity contribution in [1.29, 1.82) is 0 Å². The predicted octanol–water partition coefficient (Wildman–Crippen LogP) is 4.62. The standard InChI is InChI=1S/C19H22N2O2S/c1-4-14-5-9-16(10-6-14)20-19(24)21-17-11-7-15(8-12-17)18(22)23-13(2)3/h5-13H,4H2,1-3H3,(H2,20,21,24). The Hall–Kier alpha value is -2.40. The molecule has 0 bridgehead atoms. The molecule has 0 radical (unpaired) electrons. The van der Waals surface area contributed by atoms with Gasteiger partial charge in [0, 0.05) is 11.4 Å². The highest BCUT2D eigenvalue weighted by Crippen LogP contribution is 2.14. The third-order valence-corrected chi connectivity index (χ3v) is 3.55. The zero-order chi connectivity index (χ0) is 17.5. The number of hydrogen-bond donors (Lipinski definition) is 2. The Bertz CT molecular complexity index is 694. The van der Waals surface area contributed by atoms with Crippen LogP contribution in [0.4, 0.5) is 11.4 Å². The molecule has 0 aliphatic rings. The molecule has 126 valence electrons.